The van der Waals surface area contributed by atoms with Gasteiger partial charge in [0.15, 0.2) is 0 Å². The predicted octanol–water partition coefficient (Wildman–Crippen LogP) is 2.25. The topological polar surface area (TPSA) is 38.3 Å². The van der Waals surface area contributed by atoms with Crippen molar-refractivity contribution in [1.82, 2.24) is 5.32 Å². The van der Waals surface area contributed by atoms with Gasteiger partial charge in [-0.25, -0.2) is 0 Å². The van der Waals surface area contributed by atoms with Gasteiger partial charge in [0.05, 0.1) is 0 Å². The highest BCUT2D eigenvalue weighted by atomic mass is 16.5. The second kappa shape index (κ2) is 5.17. The number of rotatable bonds is 6. The van der Waals surface area contributed by atoms with E-state index in [1.54, 1.807) is 0 Å². The van der Waals surface area contributed by atoms with Gasteiger partial charge >= 0.3 is 0 Å². The smallest absolute Gasteiger partial charge is 0.249 e. The Morgan fingerprint density at radius 1 is 1.44 bits per heavy atom. The van der Waals surface area contributed by atoms with Gasteiger partial charge in [-0.3, -0.25) is 4.79 Å². The molecule has 2 aliphatic rings. The Kier molecular flexibility index (Phi) is 3.85. The molecule has 0 spiro atoms. The highest BCUT2D eigenvalue weighted by molar-refractivity contribution is 5.80. The minimum Gasteiger partial charge on any atom is -0.368 e. The number of carbonyl (C=O) groups excluding carboxylic acids is 1. The summed E-state index contributed by atoms with van der Waals surface area (Å²) in [6.45, 7) is 3.82. The lowest BCUT2D eigenvalue weighted by Gasteiger charge is -2.15. The fourth-order valence-electron chi connectivity index (χ4n) is 2.68. The largest absolute Gasteiger partial charge is 0.368 e. The first kappa shape index (κ1) is 11.9. The molecule has 0 bridgehead atoms. The molecular formula is C13H23NO2. The standard InChI is InChI=1S/C13H23NO2/c1-2-5-13(6-7-13)8-9-14-12(15)11-4-3-10-16-11/h11H,2-10H2,1H3,(H,14,15). The molecule has 3 nitrogen and oxygen atoms in total. The third-order valence-electron chi connectivity index (χ3n) is 3.91. The van der Waals surface area contributed by atoms with E-state index in [1.807, 2.05) is 0 Å². The molecule has 1 heterocycles. The first-order valence-electron chi connectivity index (χ1n) is 6.65. The van der Waals surface area contributed by atoms with Crippen LogP contribution in [0.25, 0.3) is 0 Å². The summed E-state index contributed by atoms with van der Waals surface area (Å²) >= 11 is 0. The molecule has 1 amide bonds. The van der Waals surface area contributed by atoms with Gasteiger partial charge in [-0.05, 0) is 43.9 Å². The third-order valence-corrected chi connectivity index (χ3v) is 3.91. The second-order valence-corrected chi connectivity index (χ2v) is 5.29. The first-order valence-corrected chi connectivity index (χ1v) is 6.65. The van der Waals surface area contributed by atoms with E-state index in [0.29, 0.717) is 5.41 Å². The first-order chi connectivity index (χ1) is 7.76. The zero-order valence-electron chi connectivity index (χ0n) is 10.3. The fraction of sp³-hybridized carbons (Fsp3) is 0.923. The number of hydrogen-bond acceptors (Lipinski definition) is 2. The third kappa shape index (κ3) is 2.97. The van der Waals surface area contributed by atoms with Gasteiger partial charge in [0, 0.05) is 13.2 Å². The summed E-state index contributed by atoms with van der Waals surface area (Å²) < 4.78 is 5.35. The molecule has 1 atom stereocenters. The summed E-state index contributed by atoms with van der Waals surface area (Å²) in [5.41, 5.74) is 0.582. The minimum atomic E-state index is -0.165. The second-order valence-electron chi connectivity index (χ2n) is 5.29. The van der Waals surface area contributed by atoms with Crippen molar-refractivity contribution in [2.24, 2.45) is 5.41 Å². The monoisotopic (exact) mass is 225 g/mol. The van der Waals surface area contributed by atoms with Crippen molar-refractivity contribution < 1.29 is 9.53 Å². The summed E-state index contributed by atoms with van der Waals surface area (Å²) in [7, 11) is 0. The quantitative estimate of drug-likeness (QED) is 0.753. The summed E-state index contributed by atoms with van der Waals surface area (Å²) in [6.07, 6.45) is 8.21. The Balaban J connectivity index is 1.62. The average molecular weight is 225 g/mol. The number of hydrogen-bond donors (Lipinski definition) is 1. The molecule has 2 rings (SSSR count). The lowest BCUT2D eigenvalue weighted by molar-refractivity contribution is -0.130. The van der Waals surface area contributed by atoms with Crippen LogP contribution < -0.4 is 5.32 Å². The molecule has 1 saturated heterocycles. The Bertz CT molecular complexity index is 242. The number of carbonyl (C=O) groups is 1. The van der Waals surface area contributed by atoms with E-state index >= 15 is 0 Å². The van der Waals surface area contributed by atoms with E-state index in [-0.39, 0.29) is 12.0 Å². The van der Waals surface area contributed by atoms with Gasteiger partial charge in [-0.1, -0.05) is 13.3 Å². The van der Waals surface area contributed by atoms with Crippen LogP contribution in [0.15, 0.2) is 0 Å². The Labute approximate surface area is 97.9 Å². The summed E-state index contributed by atoms with van der Waals surface area (Å²) in [5, 5.41) is 3.02. The van der Waals surface area contributed by atoms with Crippen LogP contribution in [0.2, 0.25) is 0 Å². The molecule has 1 saturated carbocycles. The van der Waals surface area contributed by atoms with Gasteiger partial charge in [0.25, 0.3) is 0 Å². The normalized spacial score (nSPS) is 26.7. The number of nitrogens with one attached hydrogen (secondary N) is 1. The Morgan fingerprint density at radius 3 is 2.81 bits per heavy atom. The molecule has 16 heavy (non-hydrogen) atoms. The average Bonchev–Trinajstić information content (AvgIpc) is 2.83. The minimum absolute atomic E-state index is 0.102. The van der Waals surface area contributed by atoms with Crippen molar-refractivity contribution in [3.63, 3.8) is 0 Å². The molecule has 1 aliphatic carbocycles. The zero-order valence-corrected chi connectivity index (χ0v) is 10.3. The Morgan fingerprint density at radius 2 is 2.25 bits per heavy atom. The lowest BCUT2D eigenvalue weighted by Crippen LogP contribution is -2.35. The van der Waals surface area contributed by atoms with E-state index in [0.717, 1.165) is 32.4 Å². The van der Waals surface area contributed by atoms with Crippen LogP contribution in [-0.4, -0.2) is 25.2 Å². The lowest BCUT2D eigenvalue weighted by atomic mass is 9.96. The number of ether oxygens (including phenoxy) is 1. The van der Waals surface area contributed by atoms with Gasteiger partial charge in [0.1, 0.15) is 6.10 Å². The van der Waals surface area contributed by atoms with Crippen molar-refractivity contribution in [1.29, 1.82) is 0 Å². The molecule has 3 heteroatoms. The van der Waals surface area contributed by atoms with E-state index < -0.39 is 0 Å². The van der Waals surface area contributed by atoms with E-state index in [1.165, 1.54) is 25.7 Å². The fourth-order valence-corrected chi connectivity index (χ4v) is 2.68. The maximum Gasteiger partial charge on any atom is 0.249 e. The van der Waals surface area contributed by atoms with Crippen LogP contribution in [0, 0.1) is 5.41 Å². The van der Waals surface area contributed by atoms with Crippen LogP contribution in [0.1, 0.15) is 51.9 Å². The molecule has 2 fully saturated rings. The van der Waals surface area contributed by atoms with E-state index in [9.17, 15) is 4.79 Å². The highest BCUT2D eigenvalue weighted by Crippen LogP contribution is 2.52. The van der Waals surface area contributed by atoms with E-state index in [4.69, 9.17) is 4.74 Å². The van der Waals surface area contributed by atoms with Crippen LogP contribution in [0.3, 0.4) is 0 Å². The molecule has 1 aliphatic heterocycles. The molecule has 0 radical (unpaired) electrons. The summed E-state index contributed by atoms with van der Waals surface area (Å²) in [6, 6.07) is 0. The zero-order chi connectivity index (χ0) is 11.4. The van der Waals surface area contributed by atoms with Crippen LogP contribution >= 0.6 is 0 Å². The molecule has 0 aromatic carbocycles. The van der Waals surface area contributed by atoms with E-state index in [2.05, 4.69) is 12.2 Å². The highest BCUT2D eigenvalue weighted by Gasteiger charge is 2.40. The van der Waals surface area contributed by atoms with Crippen molar-refractivity contribution >= 4 is 5.91 Å². The molecular weight excluding hydrogens is 202 g/mol. The van der Waals surface area contributed by atoms with Crippen LogP contribution in [-0.2, 0) is 9.53 Å². The molecule has 1 unspecified atom stereocenters. The SMILES string of the molecule is CCCC1(CCNC(=O)C2CCCO2)CC1. The Hall–Kier alpha value is -0.570. The van der Waals surface area contributed by atoms with Crippen molar-refractivity contribution in [2.45, 2.75) is 58.0 Å². The van der Waals surface area contributed by atoms with Crippen molar-refractivity contribution in [2.75, 3.05) is 13.2 Å². The van der Waals surface area contributed by atoms with Gasteiger partial charge < -0.3 is 10.1 Å². The number of amides is 1. The maximum absolute atomic E-state index is 11.7. The predicted molar refractivity (Wildman–Crippen MR) is 63.2 cm³/mol. The van der Waals surface area contributed by atoms with Crippen molar-refractivity contribution in [3.8, 4) is 0 Å². The summed E-state index contributed by atoms with van der Waals surface area (Å²) in [4.78, 5) is 11.7. The van der Waals surface area contributed by atoms with Gasteiger partial charge in [0.2, 0.25) is 5.91 Å². The van der Waals surface area contributed by atoms with Gasteiger partial charge in [-0.2, -0.15) is 0 Å². The van der Waals surface area contributed by atoms with Crippen LogP contribution in [0.4, 0.5) is 0 Å². The van der Waals surface area contributed by atoms with Crippen LogP contribution in [0.5, 0.6) is 0 Å². The molecule has 0 aromatic rings. The molecule has 1 N–H and O–H groups in total. The summed E-state index contributed by atoms with van der Waals surface area (Å²) in [5.74, 6) is 0.102. The maximum atomic E-state index is 11.7. The van der Waals surface area contributed by atoms with Gasteiger partial charge in [-0.15, -0.1) is 0 Å². The van der Waals surface area contributed by atoms with Crippen molar-refractivity contribution in [3.05, 3.63) is 0 Å². The molecule has 92 valence electrons. The molecule has 0 aromatic heterocycles.